The Balaban J connectivity index is 2.95. The molecular formula is C25H51Cl. The van der Waals surface area contributed by atoms with Crippen molar-refractivity contribution in [1.29, 1.82) is 0 Å². The molecule has 0 saturated carbocycles. The number of unbranched alkanes of at least 4 members (excludes halogenated alkanes) is 22. The van der Waals surface area contributed by atoms with Crippen molar-refractivity contribution in [3.8, 4) is 0 Å². The molecule has 0 nitrogen and oxygen atoms in total. The first kappa shape index (κ1) is 26.3. The molecular weight excluding hydrogens is 336 g/mol. The third-order valence-electron chi connectivity index (χ3n) is 5.74. The molecule has 0 aliphatic rings. The van der Waals surface area contributed by atoms with Gasteiger partial charge in [-0.15, -0.1) is 11.6 Å². The SMILES string of the molecule is CCCCCCCCCCCCCCCCCCCCCCCCCCl. The van der Waals surface area contributed by atoms with Gasteiger partial charge in [0.25, 0.3) is 0 Å². The third kappa shape index (κ3) is 24.3. The molecule has 0 bridgehead atoms. The van der Waals surface area contributed by atoms with E-state index in [-0.39, 0.29) is 0 Å². The van der Waals surface area contributed by atoms with Crippen molar-refractivity contribution in [3.63, 3.8) is 0 Å². The van der Waals surface area contributed by atoms with Crippen LogP contribution < -0.4 is 0 Å². The minimum absolute atomic E-state index is 0.846. The zero-order valence-corrected chi connectivity index (χ0v) is 19.1. The van der Waals surface area contributed by atoms with Gasteiger partial charge < -0.3 is 0 Å². The van der Waals surface area contributed by atoms with Crippen molar-refractivity contribution >= 4 is 11.6 Å². The molecule has 0 aliphatic carbocycles. The van der Waals surface area contributed by atoms with Crippen LogP contribution in [0.2, 0.25) is 0 Å². The van der Waals surface area contributed by atoms with Crippen LogP contribution in [0.5, 0.6) is 0 Å². The first-order valence-electron chi connectivity index (χ1n) is 12.5. The molecule has 0 N–H and O–H groups in total. The molecule has 0 aromatic carbocycles. The number of hydrogen-bond donors (Lipinski definition) is 0. The van der Waals surface area contributed by atoms with E-state index in [0.29, 0.717) is 0 Å². The summed E-state index contributed by atoms with van der Waals surface area (Å²) in [6, 6.07) is 0. The van der Waals surface area contributed by atoms with Crippen LogP contribution in [0.4, 0.5) is 0 Å². The second-order valence-electron chi connectivity index (χ2n) is 8.47. The smallest absolute Gasteiger partial charge is 0.0223 e. The van der Waals surface area contributed by atoms with Crippen LogP contribution in [-0.2, 0) is 0 Å². The lowest BCUT2D eigenvalue weighted by Gasteiger charge is -2.04. The van der Waals surface area contributed by atoms with E-state index in [2.05, 4.69) is 6.92 Å². The van der Waals surface area contributed by atoms with E-state index >= 15 is 0 Å². The summed E-state index contributed by atoms with van der Waals surface area (Å²) in [5.74, 6) is 0.846. The Hall–Kier alpha value is 0.290. The van der Waals surface area contributed by atoms with Crippen LogP contribution in [0.3, 0.4) is 0 Å². The largest absolute Gasteiger partial charge is 0.127 e. The maximum atomic E-state index is 5.70. The maximum absolute atomic E-state index is 5.70. The molecule has 26 heavy (non-hydrogen) atoms. The van der Waals surface area contributed by atoms with Gasteiger partial charge in [0.15, 0.2) is 0 Å². The van der Waals surface area contributed by atoms with Crippen molar-refractivity contribution in [2.75, 3.05) is 5.88 Å². The van der Waals surface area contributed by atoms with Crippen LogP contribution in [0.1, 0.15) is 155 Å². The van der Waals surface area contributed by atoms with Crippen LogP contribution in [0, 0.1) is 0 Å². The molecule has 0 heterocycles. The van der Waals surface area contributed by atoms with Crippen molar-refractivity contribution in [3.05, 3.63) is 0 Å². The van der Waals surface area contributed by atoms with Gasteiger partial charge in [0.1, 0.15) is 0 Å². The highest BCUT2D eigenvalue weighted by Gasteiger charge is 1.95. The first-order chi connectivity index (χ1) is 12.9. The van der Waals surface area contributed by atoms with Crippen LogP contribution >= 0.6 is 11.6 Å². The van der Waals surface area contributed by atoms with Gasteiger partial charge in [-0.25, -0.2) is 0 Å². The lowest BCUT2D eigenvalue weighted by Crippen LogP contribution is -1.84. The van der Waals surface area contributed by atoms with E-state index in [4.69, 9.17) is 11.6 Å². The van der Waals surface area contributed by atoms with E-state index in [9.17, 15) is 0 Å². The second kappa shape index (κ2) is 25.3. The topological polar surface area (TPSA) is 0 Å². The summed E-state index contributed by atoms with van der Waals surface area (Å²) < 4.78 is 0. The molecule has 0 fully saturated rings. The Morgan fingerprint density at radius 2 is 0.500 bits per heavy atom. The van der Waals surface area contributed by atoms with Gasteiger partial charge in [0.2, 0.25) is 0 Å². The Morgan fingerprint density at radius 3 is 0.692 bits per heavy atom. The van der Waals surface area contributed by atoms with Gasteiger partial charge in [-0.3, -0.25) is 0 Å². The van der Waals surface area contributed by atoms with E-state index in [1.165, 1.54) is 148 Å². The Kier molecular flexibility index (Phi) is 25.6. The summed E-state index contributed by atoms with van der Waals surface area (Å²) in [4.78, 5) is 0. The molecule has 1 heteroatoms. The van der Waals surface area contributed by atoms with Crippen molar-refractivity contribution in [1.82, 2.24) is 0 Å². The van der Waals surface area contributed by atoms with Gasteiger partial charge >= 0.3 is 0 Å². The Morgan fingerprint density at radius 1 is 0.308 bits per heavy atom. The van der Waals surface area contributed by atoms with Gasteiger partial charge in [0, 0.05) is 5.88 Å². The summed E-state index contributed by atoms with van der Waals surface area (Å²) >= 11 is 5.70. The molecule has 0 unspecified atom stereocenters. The molecule has 0 radical (unpaired) electrons. The van der Waals surface area contributed by atoms with Gasteiger partial charge in [-0.2, -0.15) is 0 Å². The minimum atomic E-state index is 0.846. The van der Waals surface area contributed by atoms with Crippen molar-refractivity contribution in [2.24, 2.45) is 0 Å². The molecule has 0 saturated heterocycles. The summed E-state index contributed by atoms with van der Waals surface area (Å²) in [6.07, 6.45) is 33.3. The quantitative estimate of drug-likeness (QED) is 0.121. The predicted molar refractivity (Wildman–Crippen MR) is 123 cm³/mol. The van der Waals surface area contributed by atoms with Gasteiger partial charge in [-0.05, 0) is 6.42 Å². The minimum Gasteiger partial charge on any atom is -0.127 e. The number of hydrogen-bond acceptors (Lipinski definition) is 0. The predicted octanol–water partition coefficient (Wildman–Crippen LogP) is 10.2. The molecule has 0 spiro atoms. The molecule has 0 aromatic heterocycles. The fourth-order valence-electron chi connectivity index (χ4n) is 3.88. The standard InChI is InChI=1S/C25H51Cl/c1-2-3-4-5-6-7-8-9-10-11-12-13-14-15-16-17-18-19-20-21-22-23-24-25-26/h2-25H2,1H3. The molecule has 0 rings (SSSR count). The van der Waals surface area contributed by atoms with Gasteiger partial charge in [-0.1, -0.05) is 148 Å². The van der Waals surface area contributed by atoms with E-state index in [1.54, 1.807) is 0 Å². The van der Waals surface area contributed by atoms with E-state index < -0.39 is 0 Å². The average molecular weight is 387 g/mol. The first-order valence-corrected chi connectivity index (χ1v) is 13.0. The molecule has 0 aromatic rings. The zero-order chi connectivity index (χ0) is 19.0. The summed E-state index contributed by atoms with van der Waals surface area (Å²) in [5.41, 5.74) is 0. The van der Waals surface area contributed by atoms with Crippen molar-refractivity contribution < 1.29 is 0 Å². The molecule has 0 amide bonds. The third-order valence-corrected chi connectivity index (χ3v) is 6.00. The summed E-state index contributed by atoms with van der Waals surface area (Å²) in [7, 11) is 0. The maximum Gasteiger partial charge on any atom is 0.0223 e. The number of alkyl halides is 1. The number of rotatable bonds is 23. The normalized spacial score (nSPS) is 11.3. The van der Waals surface area contributed by atoms with E-state index in [0.717, 1.165) is 5.88 Å². The summed E-state index contributed by atoms with van der Waals surface area (Å²) in [6.45, 7) is 2.30. The molecule has 0 aliphatic heterocycles. The van der Waals surface area contributed by atoms with Crippen molar-refractivity contribution in [2.45, 2.75) is 155 Å². The van der Waals surface area contributed by atoms with Crippen LogP contribution in [0.25, 0.3) is 0 Å². The molecule has 158 valence electrons. The lowest BCUT2D eigenvalue weighted by molar-refractivity contribution is 0.519. The fraction of sp³-hybridized carbons (Fsp3) is 1.00. The molecule has 0 atom stereocenters. The fourth-order valence-corrected chi connectivity index (χ4v) is 4.07. The highest BCUT2D eigenvalue weighted by molar-refractivity contribution is 6.17. The number of halogens is 1. The van der Waals surface area contributed by atoms with E-state index in [1.807, 2.05) is 0 Å². The Bertz CT molecular complexity index is 202. The monoisotopic (exact) mass is 386 g/mol. The highest BCUT2D eigenvalue weighted by atomic mass is 35.5. The van der Waals surface area contributed by atoms with Gasteiger partial charge in [0.05, 0.1) is 0 Å². The average Bonchev–Trinajstić information content (AvgIpc) is 2.66. The van der Waals surface area contributed by atoms with Crippen LogP contribution in [0.15, 0.2) is 0 Å². The highest BCUT2D eigenvalue weighted by Crippen LogP contribution is 2.15. The summed E-state index contributed by atoms with van der Waals surface area (Å²) in [5, 5.41) is 0. The Labute approximate surface area is 172 Å². The van der Waals surface area contributed by atoms with Crippen LogP contribution in [-0.4, -0.2) is 5.88 Å². The zero-order valence-electron chi connectivity index (χ0n) is 18.3. The second-order valence-corrected chi connectivity index (χ2v) is 8.85. The lowest BCUT2D eigenvalue weighted by atomic mass is 10.0.